The summed E-state index contributed by atoms with van der Waals surface area (Å²) < 4.78 is 10.4. The first-order valence-corrected chi connectivity index (χ1v) is 8.13. The molecule has 0 radical (unpaired) electrons. The SMILES string of the molecule is COC(=O)c1cc(OC)c2[nH]c3ccccc3c2c1C=CC(C)(C)OO. The third kappa shape index (κ3) is 3.05. The van der Waals surface area contributed by atoms with Gasteiger partial charge in [-0.05, 0) is 37.6 Å². The van der Waals surface area contributed by atoms with Crippen LogP contribution in [0.2, 0.25) is 0 Å². The fourth-order valence-electron chi connectivity index (χ4n) is 2.95. The molecule has 0 unspecified atom stereocenters. The monoisotopic (exact) mass is 355 g/mol. The average Bonchev–Trinajstić information content (AvgIpc) is 3.04. The number of carbonyl (C=O) groups excluding carboxylic acids is 1. The van der Waals surface area contributed by atoms with E-state index in [9.17, 15) is 4.79 Å². The fraction of sp³-hybridized carbons (Fsp3) is 0.250. The van der Waals surface area contributed by atoms with E-state index in [0.717, 1.165) is 21.8 Å². The van der Waals surface area contributed by atoms with Crippen molar-refractivity contribution in [3.05, 3.63) is 47.5 Å². The Morgan fingerprint density at radius 3 is 2.62 bits per heavy atom. The molecule has 0 saturated carbocycles. The lowest BCUT2D eigenvalue weighted by atomic mass is 9.97. The molecule has 136 valence electrons. The number of aromatic amines is 1. The first-order valence-electron chi connectivity index (χ1n) is 8.13. The Morgan fingerprint density at radius 2 is 1.96 bits per heavy atom. The Labute approximate surface area is 150 Å². The molecule has 6 nitrogen and oxygen atoms in total. The molecule has 0 aliphatic heterocycles. The molecule has 0 spiro atoms. The van der Waals surface area contributed by atoms with Crippen LogP contribution in [0.15, 0.2) is 36.4 Å². The highest BCUT2D eigenvalue weighted by Crippen LogP contribution is 2.38. The second kappa shape index (κ2) is 6.82. The quantitative estimate of drug-likeness (QED) is 0.403. The lowest BCUT2D eigenvalue weighted by Crippen LogP contribution is -2.18. The van der Waals surface area contributed by atoms with Crippen molar-refractivity contribution in [3.8, 4) is 5.75 Å². The maximum absolute atomic E-state index is 12.4. The first kappa shape index (κ1) is 18.0. The van der Waals surface area contributed by atoms with E-state index < -0.39 is 11.6 Å². The molecule has 6 heteroatoms. The van der Waals surface area contributed by atoms with E-state index in [2.05, 4.69) is 9.87 Å². The van der Waals surface area contributed by atoms with Gasteiger partial charge in [0.15, 0.2) is 0 Å². The van der Waals surface area contributed by atoms with Crippen LogP contribution < -0.4 is 4.74 Å². The number of para-hydroxylation sites is 1. The molecular formula is C20H21NO5. The molecule has 0 aliphatic rings. The summed E-state index contributed by atoms with van der Waals surface area (Å²) in [6.45, 7) is 3.41. The van der Waals surface area contributed by atoms with Crippen molar-refractivity contribution in [2.24, 2.45) is 0 Å². The zero-order chi connectivity index (χ0) is 18.9. The largest absolute Gasteiger partial charge is 0.495 e. The number of aromatic nitrogens is 1. The molecule has 3 rings (SSSR count). The van der Waals surface area contributed by atoms with Gasteiger partial charge in [-0.2, -0.15) is 0 Å². The van der Waals surface area contributed by atoms with E-state index >= 15 is 0 Å². The van der Waals surface area contributed by atoms with E-state index in [0.29, 0.717) is 16.9 Å². The zero-order valence-electron chi connectivity index (χ0n) is 15.1. The highest BCUT2D eigenvalue weighted by Gasteiger charge is 2.22. The molecule has 0 fully saturated rings. The highest BCUT2D eigenvalue weighted by atomic mass is 17.1. The lowest BCUT2D eigenvalue weighted by Gasteiger charge is -2.16. The minimum absolute atomic E-state index is 0.367. The van der Waals surface area contributed by atoms with Gasteiger partial charge in [0.2, 0.25) is 0 Å². The number of nitrogens with one attached hydrogen (secondary N) is 1. The van der Waals surface area contributed by atoms with Crippen molar-refractivity contribution in [1.82, 2.24) is 4.98 Å². The molecule has 0 amide bonds. The van der Waals surface area contributed by atoms with Gasteiger partial charge in [0.1, 0.15) is 11.4 Å². The van der Waals surface area contributed by atoms with Crippen LogP contribution in [0, 0.1) is 0 Å². The smallest absolute Gasteiger partial charge is 0.338 e. The van der Waals surface area contributed by atoms with Crippen LogP contribution in [-0.2, 0) is 9.62 Å². The Balaban J connectivity index is 2.42. The summed E-state index contributed by atoms with van der Waals surface area (Å²) in [5.74, 6) is 0.0734. The Kier molecular flexibility index (Phi) is 4.71. The Morgan fingerprint density at radius 1 is 1.23 bits per heavy atom. The second-order valence-corrected chi connectivity index (χ2v) is 6.48. The van der Waals surface area contributed by atoms with Gasteiger partial charge in [0.25, 0.3) is 0 Å². The van der Waals surface area contributed by atoms with Crippen LogP contribution in [-0.4, -0.2) is 36.0 Å². The zero-order valence-corrected chi connectivity index (χ0v) is 15.1. The van der Waals surface area contributed by atoms with Crippen molar-refractivity contribution in [1.29, 1.82) is 0 Å². The summed E-state index contributed by atoms with van der Waals surface area (Å²) in [6.07, 6.45) is 3.44. The average molecular weight is 355 g/mol. The van der Waals surface area contributed by atoms with Crippen LogP contribution in [0.3, 0.4) is 0 Å². The Bertz CT molecular complexity index is 1000. The molecular weight excluding hydrogens is 334 g/mol. The molecule has 0 atom stereocenters. The van der Waals surface area contributed by atoms with Crippen molar-refractivity contribution in [3.63, 3.8) is 0 Å². The van der Waals surface area contributed by atoms with Crippen LogP contribution in [0.25, 0.3) is 27.9 Å². The molecule has 1 heterocycles. The summed E-state index contributed by atoms with van der Waals surface area (Å²) in [7, 11) is 2.89. The molecule has 2 N–H and O–H groups in total. The number of esters is 1. The van der Waals surface area contributed by atoms with Crippen LogP contribution in [0.1, 0.15) is 29.8 Å². The molecule has 3 aromatic rings. The van der Waals surface area contributed by atoms with Gasteiger partial charge in [0, 0.05) is 16.3 Å². The lowest BCUT2D eigenvalue weighted by molar-refractivity contribution is -0.296. The summed E-state index contributed by atoms with van der Waals surface area (Å²) in [6, 6.07) is 9.45. The third-order valence-electron chi connectivity index (χ3n) is 4.30. The van der Waals surface area contributed by atoms with Crippen molar-refractivity contribution >= 4 is 33.9 Å². The van der Waals surface area contributed by atoms with Crippen molar-refractivity contribution in [2.45, 2.75) is 19.4 Å². The second-order valence-electron chi connectivity index (χ2n) is 6.48. The normalized spacial score (nSPS) is 12.2. The minimum atomic E-state index is -0.911. The number of H-pyrrole nitrogens is 1. The van der Waals surface area contributed by atoms with Gasteiger partial charge in [-0.1, -0.05) is 24.3 Å². The van der Waals surface area contributed by atoms with Gasteiger partial charge < -0.3 is 14.5 Å². The number of hydrogen-bond acceptors (Lipinski definition) is 5. The number of hydrogen-bond donors (Lipinski definition) is 2. The number of fused-ring (bicyclic) bond motifs is 3. The summed E-state index contributed by atoms with van der Waals surface area (Å²) in [4.78, 5) is 20.2. The topological polar surface area (TPSA) is 80.8 Å². The van der Waals surface area contributed by atoms with Crippen molar-refractivity contribution < 1.29 is 24.4 Å². The molecule has 0 saturated heterocycles. The summed E-state index contributed by atoms with van der Waals surface area (Å²) >= 11 is 0. The maximum atomic E-state index is 12.4. The van der Waals surface area contributed by atoms with E-state index in [1.54, 1.807) is 39.2 Å². The number of benzene rings is 2. The third-order valence-corrected chi connectivity index (χ3v) is 4.30. The van der Waals surface area contributed by atoms with Gasteiger partial charge in [-0.25, -0.2) is 9.68 Å². The van der Waals surface area contributed by atoms with Crippen LogP contribution >= 0.6 is 0 Å². The molecule has 2 aromatic carbocycles. The Hall–Kier alpha value is -2.83. The number of ether oxygens (including phenoxy) is 2. The van der Waals surface area contributed by atoms with Crippen molar-refractivity contribution in [2.75, 3.05) is 14.2 Å². The summed E-state index contributed by atoms with van der Waals surface area (Å²) in [5.41, 5.74) is 1.83. The van der Waals surface area contributed by atoms with Gasteiger partial charge in [-0.3, -0.25) is 5.26 Å². The van der Waals surface area contributed by atoms with Gasteiger partial charge in [-0.15, -0.1) is 0 Å². The van der Waals surface area contributed by atoms with E-state index in [1.807, 2.05) is 24.3 Å². The molecule has 0 bridgehead atoms. The van der Waals surface area contributed by atoms with E-state index in [-0.39, 0.29) is 0 Å². The maximum Gasteiger partial charge on any atom is 0.338 e. The fourth-order valence-corrected chi connectivity index (χ4v) is 2.95. The number of methoxy groups -OCH3 is 2. The predicted molar refractivity (Wildman–Crippen MR) is 101 cm³/mol. The highest BCUT2D eigenvalue weighted by molar-refractivity contribution is 6.16. The minimum Gasteiger partial charge on any atom is -0.495 e. The predicted octanol–water partition coefficient (Wildman–Crippen LogP) is 4.40. The standard InChI is InChI=1S/C20H21NO5/c1-20(2,26-23)10-9-12-14(19(22)25-4)11-16(24-3)18-17(12)13-7-5-6-8-15(13)21-18/h5-11,21,23H,1-4H3. The van der Waals surface area contributed by atoms with Crippen LogP contribution in [0.4, 0.5) is 0 Å². The van der Waals surface area contributed by atoms with E-state index in [4.69, 9.17) is 14.7 Å². The molecule has 1 aromatic heterocycles. The first-order chi connectivity index (χ1) is 12.4. The van der Waals surface area contributed by atoms with Gasteiger partial charge >= 0.3 is 5.97 Å². The van der Waals surface area contributed by atoms with E-state index in [1.165, 1.54) is 7.11 Å². The molecule has 0 aliphatic carbocycles. The summed E-state index contributed by atoms with van der Waals surface area (Å²) in [5, 5.41) is 10.8. The molecule has 26 heavy (non-hydrogen) atoms. The van der Waals surface area contributed by atoms with Gasteiger partial charge in [0.05, 0.1) is 25.3 Å². The number of carbonyl (C=O) groups is 1. The van der Waals surface area contributed by atoms with Crippen LogP contribution in [0.5, 0.6) is 5.75 Å². The number of rotatable bonds is 5.